The van der Waals surface area contributed by atoms with Crippen LogP contribution in [0.5, 0.6) is 51.7 Å². The Hall–Kier alpha value is -6.83. The molecule has 0 bridgehead atoms. The van der Waals surface area contributed by atoms with E-state index in [1.54, 1.807) is 49.8 Å². The third kappa shape index (κ3) is 11.4. The third-order valence-electron chi connectivity index (χ3n) is 13.9. The van der Waals surface area contributed by atoms with Crippen LogP contribution in [0.25, 0.3) is 0 Å². The van der Waals surface area contributed by atoms with Gasteiger partial charge in [-0.25, -0.2) is 9.59 Å². The summed E-state index contributed by atoms with van der Waals surface area (Å²) in [6.07, 6.45) is 4.58. The molecule has 70 heavy (non-hydrogen) atoms. The van der Waals surface area contributed by atoms with Gasteiger partial charge in [-0.05, 0) is 64.7 Å². The molecule has 0 saturated heterocycles. The van der Waals surface area contributed by atoms with Crippen LogP contribution < -0.4 is 42.6 Å². The lowest BCUT2D eigenvalue weighted by atomic mass is 9.85. The summed E-state index contributed by atoms with van der Waals surface area (Å²) < 4.78 is 63.4. The first-order valence-corrected chi connectivity index (χ1v) is 23.3. The quantitative estimate of drug-likeness (QED) is 0.0205. The molecule has 0 aromatic heterocycles. The monoisotopic (exact) mass is 968 g/mol. The Morgan fingerprint density at radius 3 is 1.59 bits per heavy atom. The number of ether oxygens (including phenoxy) is 11. The Labute approximate surface area is 411 Å². The summed E-state index contributed by atoms with van der Waals surface area (Å²) in [5, 5.41) is 0. The van der Waals surface area contributed by atoms with Crippen LogP contribution in [0.15, 0.2) is 48.5 Å². The third-order valence-corrected chi connectivity index (χ3v) is 13.9. The van der Waals surface area contributed by atoms with Gasteiger partial charge in [-0.1, -0.05) is 6.07 Å². The van der Waals surface area contributed by atoms with E-state index in [1.807, 2.05) is 30.3 Å². The molecule has 376 valence electrons. The number of carbonyl (C=O) groups excluding carboxylic acids is 3. The Balaban J connectivity index is 1.09. The lowest BCUT2D eigenvalue weighted by Gasteiger charge is -2.46. The molecule has 0 amide bonds. The van der Waals surface area contributed by atoms with E-state index in [-0.39, 0.29) is 25.3 Å². The second-order valence-electron chi connectivity index (χ2n) is 17.9. The van der Waals surface area contributed by atoms with Crippen LogP contribution in [0.2, 0.25) is 0 Å². The average Bonchev–Trinajstić information content (AvgIpc) is 3.38. The zero-order chi connectivity index (χ0) is 50.6. The normalized spacial score (nSPS) is 18.9. The number of quaternary nitrogens is 2. The van der Waals surface area contributed by atoms with Crippen molar-refractivity contribution >= 4 is 18.2 Å². The van der Waals surface area contributed by atoms with Crippen molar-refractivity contribution in [1.29, 1.82) is 0 Å². The zero-order valence-corrected chi connectivity index (χ0v) is 42.4. The van der Waals surface area contributed by atoms with Gasteiger partial charge in [0.15, 0.2) is 52.3 Å². The topological polar surface area (TPSA) is 153 Å². The minimum absolute atomic E-state index is 0.0396. The van der Waals surface area contributed by atoms with Gasteiger partial charge in [0.1, 0.15) is 12.1 Å². The molecule has 4 aromatic carbocycles. The molecule has 2 aliphatic heterocycles. The summed E-state index contributed by atoms with van der Waals surface area (Å²) in [5.74, 6) is 8.10. The fourth-order valence-corrected chi connectivity index (χ4v) is 10.2. The summed E-state index contributed by atoms with van der Waals surface area (Å²) in [6, 6.07) is 15.7. The van der Waals surface area contributed by atoms with Gasteiger partial charge in [0.25, 0.3) is 0 Å². The van der Waals surface area contributed by atoms with Crippen LogP contribution in [0.4, 0.5) is 0 Å². The maximum Gasteiger partial charge on any atom is 0.384 e. The van der Waals surface area contributed by atoms with Crippen molar-refractivity contribution in [3.05, 3.63) is 87.5 Å². The Bertz CT molecular complexity index is 2590. The molecule has 4 unspecified atom stereocenters. The molecule has 0 saturated carbocycles. The van der Waals surface area contributed by atoms with Crippen molar-refractivity contribution in [3.8, 4) is 63.6 Å². The molecule has 2 aliphatic rings. The van der Waals surface area contributed by atoms with Crippen molar-refractivity contribution < 1.29 is 75.5 Å². The van der Waals surface area contributed by atoms with Crippen LogP contribution in [0.1, 0.15) is 68.7 Å². The Morgan fingerprint density at radius 1 is 0.543 bits per heavy atom. The fraction of sp³-hybridized carbons (Fsp3) is 0.463. The number of methoxy groups -OCH3 is 9. The molecular weight excluding hydrogens is 901 g/mol. The number of hydrogen-bond donors (Lipinski definition) is 0. The van der Waals surface area contributed by atoms with Gasteiger partial charge in [-0.15, -0.1) is 0 Å². The second-order valence-corrected chi connectivity index (χ2v) is 17.9. The minimum atomic E-state index is -0.819. The molecule has 0 radical (unpaired) electrons. The first kappa shape index (κ1) is 52.5. The molecule has 2 heterocycles. The van der Waals surface area contributed by atoms with E-state index in [1.165, 1.54) is 25.3 Å². The predicted molar refractivity (Wildman–Crippen MR) is 261 cm³/mol. The van der Waals surface area contributed by atoms with Crippen molar-refractivity contribution in [2.75, 3.05) is 117 Å². The summed E-state index contributed by atoms with van der Waals surface area (Å²) in [4.78, 5) is 37.8. The van der Waals surface area contributed by atoms with E-state index in [4.69, 9.17) is 52.1 Å². The first-order chi connectivity index (χ1) is 33.8. The maximum absolute atomic E-state index is 12.8. The van der Waals surface area contributed by atoms with Crippen molar-refractivity contribution in [2.45, 2.75) is 50.6 Å². The Kier molecular flexibility index (Phi) is 17.8. The number of nitrogens with zero attached hydrogens (tertiary/aromatic N) is 2. The fourth-order valence-electron chi connectivity index (χ4n) is 10.2. The number of aldehydes is 1. The molecule has 6 rings (SSSR count). The molecular formula is C54H68N2O14+2. The van der Waals surface area contributed by atoms with E-state index in [0.717, 1.165) is 54.5 Å². The van der Waals surface area contributed by atoms with E-state index >= 15 is 0 Å². The van der Waals surface area contributed by atoms with Crippen LogP contribution >= 0.6 is 0 Å². The van der Waals surface area contributed by atoms with Crippen LogP contribution in [0, 0.1) is 11.8 Å². The first-order valence-electron chi connectivity index (χ1n) is 23.3. The van der Waals surface area contributed by atoms with Gasteiger partial charge in [0.2, 0.25) is 5.75 Å². The smallest absolute Gasteiger partial charge is 0.384 e. The van der Waals surface area contributed by atoms with Crippen molar-refractivity contribution in [1.82, 2.24) is 0 Å². The number of likely N-dealkylation sites (N-methyl/N-ethyl adjacent to an activating group) is 2. The maximum atomic E-state index is 12.8. The van der Waals surface area contributed by atoms with Crippen molar-refractivity contribution in [3.63, 3.8) is 0 Å². The van der Waals surface area contributed by atoms with Gasteiger partial charge in [-0.3, -0.25) is 4.79 Å². The predicted octanol–water partition coefficient (Wildman–Crippen LogP) is 6.72. The van der Waals surface area contributed by atoms with E-state index in [9.17, 15) is 14.4 Å². The summed E-state index contributed by atoms with van der Waals surface area (Å²) in [7, 11) is 18.7. The van der Waals surface area contributed by atoms with E-state index in [0.29, 0.717) is 105 Å². The van der Waals surface area contributed by atoms with Crippen LogP contribution in [0.3, 0.4) is 0 Å². The summed E-state index contributed by atoms with van der Waals surface area (Å²) in [6.45, 7) is 3.12. The minimum Gasteiger partial charge on any atom is -0.493 e. The number of rotatable bonds is 22. The van der Waals surface area contributed by atoms with E-state index < -0.39 is 11.9 Å². The highest BCUT2D eigenvalue weighted by molar-refractivity contribution is 5.98. The van der Waals surface area contributed by atoms with E-state index in [2.05, 4.69) is 44.1 Å². The molecule has 0 fully saturated rings. The Morgan fingerprint density at radius 2 is 1.03 bits per heavy atom. The number of fused-ring (bicyclic) bond motifs is 2. The lowest BCUT2D eigenvalue weighted by molar-refractivity contribution is -0.941. The van der Waals surface area contributed by atoms with Crippen LogP contribution in [-0.4, -0.2) is 145 Å². The lowest BCUT2D eigenvalue weighted by Crippen LogP contribution is -2.53. The largest absolute Gasteiger partial charge is 0.493 e. The van der Waals surface area contributed by atoms with Gasteiger partial charge in [0.05, 0.1) is 129 Å². The standard InChI is InChI=1S/C54H68N2O14/c1-55(22-18-37-31-45(62-5)46(63-6)33-40(37)41(55)27-35-14-15-43(60-3)44(29-35)61-4)20-12-24-69-49(58)16-17-50(59)70-25-13-21-56(2)23-19-38-32-48(65-8)53(67-10)54(68-11)51(38)42(56)28-36-26-39(34-57)52(66-9)47(30-36)64-7/h14-15,26,29-34,41-42H,12-13,18-25,27-28H2,1-11H3/q+2. The van der Waals surface area contributed by atoms with Gasteiger partial charge in [0, 0.05) is 55.9 Å². The highest BCUT2D eigenvalue weighted by Gasteiger charge is 2.43. The molecule has 0 aliphatic carbocycles. The molecule has 4 aromatic rings. The molecule has 0 N–H and O–H groups in total. The second kappa shape index (κ2) is 23.7. The van der Waals surface area contributed by atoms with Gasteiger partial charge < -0.3 is 61.1 Å². The molecule has 0 spiro atoms. The summed E-state index contributed by atoms with van der Waals surface area (Å²) >= 11 is 0. The average molecular weight is 969 g/mol. The number of esters is 2. The highest BCUT2D eigenvalue weighted by atomic mass is 16.5. The van der Waals surface area contributed by atoms with Gasteiger partial charge >= 0.3 is 11.9 Å². The highest BCUT2D eigenvalue weighted by Crippen LogP contribution is 2.51. The number of carbonyl (C=O) groups is 3. The number of hydrogen-bond acceptors (Lipinski definition) is 14. The SMILES string of the molecule is COc1ccc(CC2c3cc(OC)c(OC)cc3CC[N+]2(C)CCCOC(=O)C#CC(=O)OCCC[N+]2(C)CCc3cc(OC)c(OC)c(OC)c3C2Cc2cc(C=O)c(OC)c(OC)c2)cc1OC. The molecule has 16 heteroatoms. The van der Waals surface area contributed by atoms with Crippen LogP contribution in [-0.2, 0) is 44.7 Å². The van der Waals surface area contributed by atoms with Crippen molar-refractivity contribution in [2.24, 2.45) is 0 Å². The molecule has 16 nitrogen and oxygen atoms in total. The van der Waals surface area contributed by atoms with Gasteiger partial charge in [-0.2, -0.15) is 0 Å². The number of benzene rings is 4. The summed E-state index contributed by atoms with van der Waals surface area (Å²) in [5.41, 5.74) is 6.72. The zero-order valence-electron chi connectivity index (χ0n) is 42.4. The molecule has 4 atom stereocenters.